The third-order valence-corrected chi connectivity index (χ3v) is 2.22. The molecule has 2 heteroatoms. The van der Waals surface area contributed by atoms with Gasteiger partial charge in [-0.2, -0.15) is 0 Å². The summed E-state index contributed by atoms with van der Waals surface area (Å²) in [5, 5.41) is 18.6. The van der Waals surface area contributed by atoms with Crippen molar-refractivity contribution < 1.29 is 10.2 Å². The predicted octanol–water partition coefficient (Wildman–Crippen LogP) is 1.61. The SMILES string of the molecule is C=Cc1ccc(CC(O)C(C)O)cc1. The summed E-state index contributed by atoms with van der Waals surface area (Å²) in [6.07, 6.45) is 0.878. The molecule has 2 unspecified atom stereocenters. The lowest BCUT2D eigenvalue weighted by atomic mass is 10.0. The van der Waals surface area contributed by atoms with E-state index in [1.807, 2.05) is 24.3 Å². The first-order valence-electron chi connectivity index (χ1n) is 4.71. The van der Waals surface area contributed by atoms with Crippen LogP contribution in [-0.2, 0) is 6.42 Å². The fraction of sp³-hybridized carbons (Fsp3) is 0.333. The average Bonchev–Trinajstić information content (AvgIpc) is 2.19. The number of rotatable bonds is 4. The average molecular weight is 192 g/mol. The summed E-state index contributed by atoms with van der Waals surface area (Å²) >= 11 is 0. The molecule has 0 aliphatic carbocycles. The molecule has 0 aliphatic rings. The van der Waals surface area contributed by atoms with Crippen LogP contribution in [0.2, 0.25) is 0 Å². The molecule has 2 nitrogen and oxygen atoms in total. The van der Waals surface area contributed by atoms with E-state index in [2.05, 4.69) is 6.58 Å². The Morgan fingerprint density at radius 1 is 1.29 bits per heavy atom. The van der Waals surface area contributed by atoms with Gasteiger partial charge in [0.2, 0.25) is 0 Å². The predicted molar refractivity (Wildman–Crippen MR) is 57.9 cm³/mol. The summed E-state index contributed by atoms with van der Waals surface area (Å²) in [7, 11) is 0. The van der Waals surface area contributed by atoms with E-state index in [-0.39, 0.29) is 0 Å². The lowest BCUT2D eigenvalue weighted by Gasteiger charge is -2.13. The van der Waals surface area contributed by atoms with Crippen LogP contribution in [0, 0.1) is 0 Å². The van der Waals surface area contributed by atoms with E-state index in [1.165, 1.54) is 0 Å². The molecule has 1 rings (SSSR count). The summed E-state index contributed by atoms with van der Waals surface area (Å²) in [6.45, 7) is 5.25. The molecule has 0 heterocycles. The maximum Gasteiger partial charge on any atom is 0.0836 e. The van der Waals surface area contributed by atoms with Crippen LogP contribution < -0.4 is 0 Å². The molecule has 0 aromatic heterocycles. The van der Waals surface area contributed by atoms with E-state index >= 15 is 0 Å². The van der Waals surface area contributed by atoms with E-state index in [0.717, 1.165) is 11.1 Å². The third-order valence-electron chi connectivity index (χ3n) is 2.22. The van der Waals surface area contributed by atoms with E-state index in [0.29, 0.717) is 6.42 Å². The molecular weight excluding hydrogens is 176 g/mol. The molecule has 2 atom stereocenters. The summed E-state index contributed by atoms with van der Waals surface area (Å²) in [6, 6.07) is 7.75. The van der Waals surface area contributed by atoms with Crippen LogP contribution in [0.3, 0.4) is 0 Å². The van der Waals surface area contributed by atoms with E-state index < -0.39 is 12.2 Å². The largest absolute Gasteiger partial charge is 0.391 e. The second-order valence-electron chi connectivity index (χ2n) is 3.46. The molecule has 14 heavy (non-hydrogen) atoms. The quantitative estimate of drug-likeness (QED) is 0.761. The Morgan fingerprint density at radius 2 is 1.86 bits per heavy atom. The normalized spacial score (nSPS) is 14.8. The second-order valence-corrected chi connectivity index (χ2v) is 3.46. The molecule has 1 aromatic rings. The molecular formula is C12H16O2. The van der Waals surface area contributed by atoms with Gasteiger partial charge in [-0.05, 0) is 18.1 Å². The van der Waals surface area contributed by atoms with Gasteiger partial charge in [-0.1, -0.05) is 36.9 Å². The molecule has 0 radical (unpaired) electrons. The highest BCUT2D eigenvalue weighted by molar-refractivity contribution is 5.47. The smallest absolute Gasteiger partial charge is 0.0836 e. The van der Waals surface area contributed by atoms with Crippen LogP contribution in [0.5, 0.6) is 0 Å². The second kappa shape index (κ2) is 4.94. The van der Waals surface area contributed by atoms with Crippen molar-refractivity contribution >= 4 is 6.08 Å². The van der Waals surface area contributed by atoms with E-state index in [1.54, 1.807) is 13.0 Å². The minimum absolute atomic E-state index is 0.481. The molecule has 1 aromatic carbocycles. The van der Waals surface area contributed by atoms with Gasteiger partial charge in [-0.15, -0.1) is 0 Å². The van der Waals surface area contributed by atoms with Crippen molar-refractivity contribution in [3.8, 4) is 0 Å². The van der Waals surface area contributed by atoms with E-state index in [9.17, 15) is 5.11 Å². The highest BCUT2D eigenvalue weighted by Crippen LogP contribution is 2.09. The standard InChI is InChI=1S/C12H16O2/c1-3-10-4-6-11(7-5-10)8-12(14)9(2)13/h3-7,9,12-14H,1,8H2,2H3. The van der Waals surface area contributed by atoms with Gasteiger partial charge in [0.15, 0.2) is 0 Å². The van der Waals surface area contributed by atoms with Gasteiger partial charge in [-0.25, -0.2) is 0 Å². The highest BCUT2D eigenvalue weighted by atomic mass is 16.3. The maximum absolute atomic E-state index is 9.44. The molecule has 0 aliphatic heterocycles. The molecule has 2 N–H and O–H groups in total. The molecule has 0 fully saturated rings. The molecule has 76 valence electrons. The van der Waals surface area contributed by atoms with Crippen molar-refractivity contribution in [3.05, 3.63) is 42.0 Å². The summed E-state index contributed by atoms with van der Waals surface area (Å²) in [5.41, 5.74) is 2.07. The summed E-state index contributed by atoms with van der Waals surface area (Å²) in [4.78, 5) is 0. The van der Waals surface area contributed by atoms with E-state index in [4.69, 9.17) is 5.11 Å². The number of hydrogen-bond acceptors (Lipinski definition) is 2. The zero-order chi connectivity index (χ0) is 10.6. The number of benzene rings is 1. The van der Waals surface area contributed by atoms with Crippen LogP contribution in [0.4, 0.5) is 0 Å². The maximum atomic E-state index is 9.44. The Labute approximate surface area is 84.5 Å². The van der Waals surface area contributed by atoms with Crippen LogP contribution in [-0.4, -0.2) is 22.4 Å². The highest BCUT2D eigenvalue weighted by Gasteiger charge is 2.10. The molecule has 0 saturated heterocycles. The topological polar surface area (TPSA) is 40.5 Å². The van der Waals surface area contributed by atoms with Crippen molar-refractivity contribution in [2.75, 3.05) is 0 Å². The number of aliphatic hydroxyl groups excluding tert-OH is 2. The minimum atomic E-state index is -0.690. The van der Waals surface area contributed by atoms with Crippen LogP contribution >= 0.6 is 0 Å². The lowest BCUT2D eigenvalue weighted by Crippen LogP contribution is -2.24. The Balaban J connectivity index is 2.64. The minimum Gasteiger partial charge on any atom is -0.391 e. The van der Waals surface area contributed by atoms with Gasteiger partial charge in [-0.3, -0.25) is 0 Å². The van der Waals surface area contributed by atoms with Gasteiger partial charge >= 0.3 is 0 Å². The van der Waals surface area contributed by atoms with Gasteiger partial charge in [0.25, 0.3) is 0 Å². The summed E-state index contributed by atoms with van der Waals surface area (Å²) < 4.78 is 0. The van der Waals surface area contributed by atoms with Crippen LogP contribution in [0.25, 0.3) is 6.08 Å². The zero-order valence-corrected chi connectivity index (χ0v) is 8.35. The summed E-state index contributed by atoms with van der Waals surface area (Å²) in [5.74, 6) is 0. The van der Waals surface area contributed by atoms with Crippen molar-refractivity contribution in [2.45, 2.75) is 25.6 Å². The molecule has 0 bridgehead atoms. The first-order valence-corrected chi connectivity index (χ1v) is 4.71. The van der Waals surface area contributed by atoms with Crippen molar-refractivity contribution in [1.82, 2.24) is 0 Å². The Bertz CT molecular complexity index is 288. The molecule has 0 saturated carbocycles. The fourth-order valence-electron chi connectivity index (χ4n) is 1.20. The van der Waals surface area contributed by atoms with Gasteiger partial charge in [0.1, 0.15) is 0 Å². The fourth-order valence-corrected chi connectivity index (χ4v) is 1.20. The molecule has 0 spiro atoms. The van der Waals surface area contributed by atoms with Crippen LogP contribution in [0.1, 0.15) is 18.1 Å². The van der Waals surface area contributed by atoms with Crippen molar-refractivity contribution in [1.29, 1.82) is 0 Å². The Kier molecular flexibility index (Phi) is 3.86. The first kappa shape index (κ1) is 11.0. The lowest BCUT2D eigenvalue weighted by molar-refractivity contribution is 0.0319. The van der Waals surface area contributed by atoms with Gasteiger partial charge < -0.3 is 10.2 Å². The third kappa shape index (κ3) is 2.98. The Hall–Kier alpha value is -1.12. The van der Waals surface area contributed by atoms with Crippen molar-refractivity contribution in [2.24, 2.45) is 0 Å². The number of hydrogen-bond donors (Lipinski definition) is 2. The monoisotopic (exact) mass is 192 g/mol. The van der Waals surface area contributed by atoms with Crippen molar-refractivity contribution in [3.63, 3.8) is 0 Å². The van der Waals surface area contributed by atoms with Crippen LogP contribution in [0.15, 0.2) is 30.8 Å². The Morgan fingerprint density at radius 3 is 2.29 bits per heavy atom. The zero-order valence-electron chi connectivity index (χ0n) is 8.35. The molecule has 0 amide bonds. The van der Waals surface area contributed by atoms with Gasteiger partial charge in [0, 0.05) is 6.42 Å². The first-order chi connectivity index (χ1) is 6.63. The number of aliphatic hydroxyl groups is 2. The van der Waals surface area contributed by atoms with Gasteiger partial charge in [0.05, 0.1) is 12.2 Å².